The molecule has 1 unspecified atom stereocenters. The molecule has 2 N–H and O–H groups in total. The van der Waals surface area contributed by atoms with Crippen LogP contribution in [-0.2, 0) is 11.3 Å². The fourth-order valence-corrected chi connectivity index (χ4v) is 2.96. The van der Waals surface area contributed by atoms with Gasteiger partial charge in [0.25, 0.3) is 5.91 Å². The molecule has 0 aliphatic rings. The number of rotatable bonds is 8. The number of benzene rings is 2. The van der Waals surface area contributed by atoms with Crippen LogP contribution in [-0.4, -0.2) is 32.7 Å². The molecule has 0 fully saturated rings. The maximum Gasteiger partial charge on any atom is 0.251 e. The van der Waals surface area contributed by atoms with Gasteiger partial charge < -0.3 is 10.6 Å². The fraction of sp³-hybridized carbons (Fsp3) is 0.333. The number of amides is 1. The molecule has 0 aliphatic carbocycles. The van der Waals surface area contributed by atoms with Crippen LogP contribution in [0.2, 0.25) is 0 Å². The number of carbonyl (C=O) groups excluding carboxylic acids is 1. The zero-order valence-electron chi connectivity index (χ0n) is 16.5. The molecule has 7 nitrogen and oxygen atoms in total. The molecule has 1 amide bonds. The summed E-state index contributed by atoms with van der Waals surface area (Å²) in [5.41, 5.74) is 2.74. The van der Waals surface area contributed by atoms with Crippen LogP contribution in [0.1, 0.15) is 32.4 Å². The summed E-state index contributed by atoms with van der Waals surface area (Å²) < 4.78 is 0. The highest BCUT2D eigenvalue weighted by Gasteiger charge is 2.27. The first-order valence-electron chi connectivity index (χ1n) is 9.54. The third kappa shape index (κ3) is 4.80. The number of aromatic nitrogens is 4. The van der Waals surface area contributed by atoms with Crippen molar-refractivity contribution in [3.63, 3.8) is 0 Å². The van der Waals surface area contributed by atoms with Gasteiger partial charge in [-0.1, -0.05) is 63.2 Å². The highest BCUT2D eigenvalue weighted by Crippen LogP contribution is 2.21. The van der Waals surface area contributed by atoms with E-state index in [2.05, 4.69) is 33.0 Å². The molecule has 0 radical (unpaired) electrons. The number of anilines is 1. The number of carbonyl (C=O) groups is 1. The number of tetrazole rings is 1. The Morgan fingerprint density at radius 2 is 1.89 bits per heavy atom. The van der Waals surface area contributed by atoms with Gasteiger partial charge in [-0.3, -0.25) is 4.79 Å². The summed E-state index contributed by atoms with van der Waals surface area (Å²) in [6.45, 7) is 7.66. The third-order valence-corrected chi connectivity index (χ3v) is 4.38. The molecule has 3 aromatic rings. The summed E-state index contributed by atoms with van der Waals surface area (Å²) in [4.78, 5) is 14.4. The maximum absolute atomic E-state index is 13.0. The Bertz CT molecular complexity index is 906. The Morgan fingerprint density at radius 3 is 2.61 bits per heavy atom. The van der Waals surface area contributed by atoms with Gasteiger partial charge >= 0.3 is 0 Å². The van der Waals surface area contributed by atoms with Crippen LogP contribution in [0.3, 0.4) is 0 Å². The van der Waals surface area contributed by atoms with Crippen molar-refractivity contribution >= 4 is 11.6 Å². The fourth-order valence-electron chi connectivity index (χ4n) is 2.96. The van der Waals surface area contributed by atoms with Crippen LogP contribution in [0.5, 0.6) is 0 Å². The molecule has 0 spiro atoms. The minimum Gasteiger partial charge on any atom is -0.324 e. The second kappa shape index (κ2) is 9.23. The van der Waals surface area contributed by atoms with Crippen molar-refractivity contribution in [2.75, 3.05) is 11.9 Å². The van der Waals surface area contributed by atoms with E-state index in [1.807, 2.05) is 68.4 Å². The van der Waals surface area contributed by atoms with Gasteiger partial charge in [-0.15, -0.1) is 10.2 Å². The van der Waals surface area contributed by atoms with Crippen LogP contribution in [0, 0.1) is 5.92 Å². The van der Waals surface area contributed by atoms with Crippen LogP contribution in [0.15, 0.2) is 54.6 Å². The lowest BCUT2D eigenvalue weighted by Crippen LogP contribution is -2.31. The zero-order chi connectivity index (χ0) is 19.9. The van der Waals surface area contributed by atoms with E-state index in [1.54, 1.807) is 0 Å². The maximum atomic E-state index is 13.0. The summed E-state index contributed by atoms with van der Waals surface area (Å²) in [5, 5.41) is 19.0. The van der Waals surface area contributed by atoms with E-state index in [9.17, 15) is 4.79 Å². The average Bonchev–Trinajstić information content (AvgIpc) is 3.16. The van der Waals surface area contributed by atoms with E-state index < -0.39 is 6.04 Å². The Labute approximate surface area is 165 Å². The summed E-state index contributed by atoms with van der Waals surface area (Å²) in [6.07, 6.45) is 0. The first-order valence-corrected chi connectivity index (χ1v) is 9.54. The lowest BCUT2D eigenvalue weighted by atomic mass is 10.0. The molecule has 2 aromatic carbocycles. The minimum atomic E-state index is -0.553. The number of nitrogens with one attached hydrogen (secondary N) is 2. The molecule has 0 saturated carbocycles. The highest BCUT2D eigenvalue weighted by molar-refractivity contribution is 5.93. The zero-order valence-corrected chi connectivity index (χ0v) is 16.5. The summed E-state index contributed by atoms with van der Waals surface area (Å²) >= 11 is 0. The van der Waals surface area contributed by atoms with Crippen LogP contribution in [0.25, 0.3) is 11.4 Å². The molecule has 0 bridgehead atoms. The molecule has 28 heavy (non-hydrogen) atoms. The largest absolute Gasteiger partial charge is 0.324 e. The molecule has 1 atom stereocenters. The van der Waals surface area contributed by atoms with Crippen molar-refractivity contribution in [2.45, 2.75) is 33.4 Å². The van der Waals surface area contributed by atoms with E-state index in [1.165, 1.54) is 4.80 Å². The van der Waals surface area contributed by atoms with Crippen molar-refractivity contribution in [2.24, 2.45) is 5.92 Å². The molecule has 7 heteroatoms. The van der Waals surface area contributed by atoms with Gasteiger partial charge in [0, 0.05) is 17.8 Å². The normalized spacial score (nSPS) is 12.1. The Kier molecular flexibility index (Phi) is 6.49. The smallest absolute Gasteiger partial charge is 0.251 e. The Balaban J connectivity index is 1.77. The monoisotopic (exact) mass is 378 g/mol. The molecule has 146 valence electrons. The first-order chi connectivity index (χ1) is 13.6. The van der Waals surface area contributed by atoms with Gasteiger partial charge in [0.15, 0.2) is 6.04 Å². The molecule has 0 saturated heterocycles. The van der Waals surface area contributed by atoms with Crippen molar-refractivity contribution in [3.05, 3.63) is 60.2 Å². The van der Waals surface area contributed by atoms with Crippen molar-refractivity contribution < 1.29 is 4.79 Å². The highest BCUT2D eigenvalue weighted by atomic mass is 16.2. The number of hydrogen-bond acceptors (Lipinski definition) is 5. The lowest BCUT2D eigenvalue weighted by Gasteiger charge is -2.19. The SMILES string of the molecule is CCNCc1cccc(NC(=O)C(C(C)C)n2nnc(-c3ccccc3)n2)c1. The van der Waals surface area contributed by atoms with E-state index in [0.29, 0.717) is 5.82 Å². The van der Waals surface area contributed by atoms with E-state index >= 15 is 0 Å². The predicted molar refractivity (Wildman–Crippen MR) is 110 cm³/mol. The second-order valence-corrected chi connectivity index (χ2v) is 6.96. The van der Waals surface area contributed by atoms with Gasteiger partial charge in [-0.2, -0.15) is 4.80 Å². The van der Waals surface area contributed by atoms with Crippen LogP contribution in [0.4, 0.5) is 5.69 Å². The summed E-state index contributed by atoms with van der Waals surface area (Å²) in [7, 11) is 0. The quantitative estimate of drug-likeness (QED) is 0.628. The first kappa shape index (κ1) is 19.7. The van der Waals surface area contributed by atoms with Gasteiger partial charge in [0.2, 0.25) is 5.82 Å². The molecule has 3 rings (SSSR count). The topological polar surface area (TPSA) is 84.7 Å². The third-order valence-electron chi connectivity index (χ3n) is 4.38. The standard InChI is InChI=1S/C21H26N6O/c1-4-22-14-16-9-8-12-18(13-16)23-21(28)19(15(2)3)27-25-20(24-26-27)17-10-6-5-7-11-17/h5-13,15,19,22H,4,14H2,1-3H3,(H,23,28). The van der Waals surface area contributed by atoms with Gasteiger partial charge in [-0.05, 0) is 35.4 Å². The van der Waals surface area contributed by atoms with Crippen LogP contribution >= 0.6 is 0 Å². The summed E-state index contributed by atoms with van der Waals surface area (Å²) in [6, 6.07) is 16.9. The predicted octanol–water partition coefficient (Wildman–Crippen LogP) is 3.29. The Morgan fingerprint density at radius 1 is 1.11 bits per heavy atom. The average molecular weight is 378 g/mol. The Hall–Kier alpha value is -3.06. The van der Waals surface area contributed by atoms with E-state index in [4.69, 9.17) is 0 Å². The minimum absolute atomic E-state index is 0.00256. The van der Waals surface area contributed by atoms with Gasteiger partial charge in [0.1, 0.15) is 0 Å². The van der Waals surface area contributed by atoms with E-state index in [-0.39, 0.29) is 11.8 Å². The molecular formula is C21H26N6O. The molecular weight excluding hydrogens is 352 g/mol. The van der Waals surface area contributed by atoms with E-state index in [0.717, 1.165) is 29.9 Å². The number of nitrogens with zero attached hydrogens (tertiary/aromatic N) is 4. The molecule has 0 aliphatic heterocycles. The van der Waals surface area contributed by atoms with Crippen LogP contribution < -0.4 is 10.6 Å². The summed E-state index contributed by atoms with van der Waals surface area (Å²) in [5.74, 6) is 0.349. The lowest BCUT2D eigenvalue weighted by molar-refractivity contribution is -0.121. The molecule has 1 aromatic heterocycles. The van der Waals surface area contributed by atoms with Crippen molar-refractivity contribution in [3.8, 4) is 11.4 Å². The molecule has 1 heterocycles. The van der Waals surface area contributed by atoms with Gasteiger partial charge in [-0.25, -0.2) is 0 Å². The van der Waals surface area contributed by atoms with Gasteiger partial charge in [0.05, 0.1) is 0 Å². The van der Waals surface area contributed by atoms with Crippen molar-refractivity contribution in [1.29, 1.82) is 0 Å². The second-order valence-electron chi connectivity index (χ2n) is 6.96. The van der Waals surface area contributed by atoms with Crippen molar-refractivity contribution in [1.82, 2.24) is 25.5 Å². The number of hydrogen-bond donors (Lipinski definition) is 2.